The van der Waals surface area contributed by atoms with Crippen LogP contribution in [0.15, 0.2) is 91.0 Å². The van der Waals surface area contributed by atoms with E-state index in [4.69, 9.17) is 0 Å². The maximum absolute atomic E-state index is 3.99. The fourth-order valence-corrected chi connectivity index (χ4v) is 4.33. The average Bonchev–Trinajstić information content (AvgIpc) is 2.83. The molecular weight excluding hydrogens is 376 g/mol. The molecule has 0 amide bonds. The van der Waals surface area contributed by atoms with E-state index in [0.717, 1.165) is 6.42 Å². The third kappa shape index (κ3) is 7.05. The number of benzene rings is 3. The van der Waals surface area contributed by atoms with E-state index in [9.17, 15) is 0 Å². The first-order valence-corrected chi connectivity index (χ1v) is 11.9. The molecule has 0 radical (unpaired) electrons. The molecule has 0 unspecified atom stereocenters. The Balaban J connectivity index is 1.86. The first kappa shape index (κ1) is 23.2. The van der Waals surface area contributed by atoms with Crippen LogP contribution in [0.1, 0.15) is 81.3 Å². The van der Waals surface area contributed by atoms with Crippen LogP contribution in [0.3, 0.4) is 0 Å². The van der Waals surface area contributed by atoms with Gasteiger partial charge in [0.25, 0.3) is 0 Å². The van der Waals surface area contributed by atoms with E-state index in [2.05, 4.69) is 122 Å². The molecule has 0 saturated carbocycles. The van der Waals surface area contributed by atoms with E-state index in [-0.39, 0.29) is 12.1 Å². The van der Waals surface area contributed by atoms with Gasteiger partial charge in [0.05, 0.1) is 0 Å². The summed E-state index contributed by atoms with van der Waals surface area (Å²) in [6.07, 6.45) is 4.90. The van der Waals surface area contributed by atoms with Gasteiger partial charge in [-0.2, -0.15) is 0 Å². The topological polar surface area (TPSA) is 24.1 Å². The molecule has 3 aromatic carbocycles. The maximum atomic E-state index is 3.99. The lowest BCUT2D eigenvalue weighted by Gasteiger charge is -2.34. The average molecular weight is 415 g/mol. The molecule has 4 atom stereocenters. The number of nitrogens with one attached hydrogen (secondary N) is 2. The van der Waals surface area contributed by atoms with Crippen molar-refractivity contribution in [2.24, 2.45) is 0 Å². The second-order valence-electron chi connectivity index (χ2n) is 8.59. The Bertz CT molecular complexity index is 848. The Morgan fingerprint density at radius 2 is 1.03 bits per heavy atom. The Morgan fingerprint density at radius 1 is 0.581 bits per heavy atom. The third-order valence-electron chi connectivity index (χ3n) is 6.17. The summed E-state index contributed by atoms with van der Waals surface area (Å²) in [6.45, 7) is 6.83. The fourth-order valence-electron chi connectivity index (χ4n) is 4.33. The summed E-state index contributed by atoms with van der Waals surface area (Å²) in [6, 6.07) is 33.6. The van der Waals surface area contributed by atoms with Gasteiger partial charge in [-0.15, -0.1) is 0 Å². The van der Waals surface area contributed by atoms with Gasteiger partial charge in [-0.3, -0.25) is 0 Å². The molecule has 0 fully saturated rings. The Hall–Kier alpha value is -2.42. The van der Waals surface area contributed by atoms with Crippen molar-refractivity contribution in [1.82, 2.24) is 10.6 Å². The number of hydrogen-bond acceptors (Lipinski definition) is 2. The number of rotatable bonds is 12. The van der Waals surface area contributed by atoms with Crippen molar-refractivity contribution in [2.45, 2.75) is 70.6 Å². The minimum atomic E-state index is 0.236. The molecule has 31 heavy (non-hydrogen) atoms. The second-order valence-corrected chi connectivity index (χ2v) is 8.59. The largest absolute Gasteiger partial charge is 0.306 e. The van der Waals surface area contributed by atoms with Gasteiger partial charge in [0, 0.05) is 24.2 Å². The minimum Gasteiger partial charge on any atom is -0.306 e. The van der Waals surface area contributed by atoms with Crippen LogP contribution in [0.2, 0.25) is 0 Å². The van der Waals surface area contributed by atoms with E-state index in [0.29, 0.717) is 12.1 Å². The molecule has 0 aromatic heterocycles. The second kappa shape index (κ2) is 12.4. The van der Waals surface area contributed by atoms with Crippen LogP contribution >= 0.6 is 0 Å². The molecule has 164 valence electrons. The zero-order valence-electron chi connectivity index (χ0n) is 19.3. The van der Waals surface area contributed by atoms with Gasteiger partial charge in [-0.1, -0.05) is 117 Å². The first-order valence-electron chi connectivity index (χ1n) is 11.9. The molecule has 0 aliphatic carbocycles. The van der Waals surface area contributed by atoms with Crippen molar-refractivity contribution in [2.75, 3.05) is 0 Å². The smallest absolute Gasteiger partial charge is 0.0480 e. The van der Waals surface area contributed by atoms with E-state index in [1.807, 2.05) is 0 Å². The fraction of sp³-hybridized carbons (Fsp3) is 0.379. The molecule has 2 heteroatoms. The molecule has 0 aliphatic heterocycles. The zero-order valence-corrected chi connectivity index (χ0v) is 19.3. The van der Waals surface area contributed by atoms with Crippen molar-refractivity contribution < 1.29 is 0 Å². The highest BCUT2D eigenvalue weighted by Crippen LogP contribution is 2.27. The van der Waals surface area contributed by atoms with Crippen LogP contribution in [0.25, 0.3) is 0 Å². The van der Waals surface area contributed by atoms with Gasteiger partial charge in [-0.25, -0.2) is 0 Å². The van der Waals surface area contributed by atoms with Gasteiger partial charge >= 0.3 is 0 Å². The van der Waals surface area contributed by atoms with Crippen molar-refractivity contribution in [1.29, 1.82) is 0 Å². The minimum absolute atomic E-state index is 0.236. The quantitative estimate of drug-likeness (QED) is 0.302. The van der Waals surface area contributed by atoms with E-state index in [1.165, 1.54) is 36.0 Å². The van der Waals surface area contributed by atoms with Crippen LogP contribution in [0.5, 0.6) is 0 Å². The lowest BCUT2D eigenvalue weighted by atomic mass is 9.92. The van der Waals surface area contributed by atoms with E-state index in [1.54, 1.807) is 0 Å². The molecule has 0 saturated heterocycles. The third-order valence-corrected chi connectivity index (χ3v) is 6.17. The monoisotopic (exact) mass is 414 g/mol. The van der Waals surface area contributed by atoms with Crippen molar-refractivity contribution in [3.8, 4) is 0 Å². The highest BCUT2D eigenvalue weighted by atomic mass is 15.1. The molecule has 3 rings (SSSR count). The van der Waals surface area contributed by atoms with Crippen LogP contribution in [0.4, 0.5) is 0 Å². The standard InChI is InChI=1S/C29H38N2/c1-4-5-9-22-28(30-23(2)25-16-10-6-11-17-25)29(27-20-14-8-15-21-27)31-24(3)26-18-12-7-13-19-26/h6-8,10-21,23-24,28-31H,4-5,9,22H2,1-3H3/t23-,24-,28+,29+/m0/s1. The van der Waals surface area contributed by atoms with Crippen molar-refractivity contribution >= 4 is 0 Å². The zero-order chi connectivity index (χ0) is 21.9. The van der Waals surface area contributed by atoms with Crippen LogP contribution in [0, 0.1) is 0 Å². The van der Waals surface area contributed by atoms with Crippen LogP contribution in [-0.2, 0) is 0 Å². The van der Waals surface area contributed by atoms with Crippen LogP contribution in [-0.4, -0.2) is 6.04 Å². The first-order chi connectivity index (χ1) is 15.2. The maximum Gasteiger partial charge on any atom is 0.0480 e. The van der Waals surface area contributed by atoms with Gasteiger partial charge in [0.1, 0.15) is 0 Å². The van der Waals surface area contributed by atoms with Gasteiger partial charge in [0.15, 0.2) is 0 Å². The summed E-state index contributed by atoms with van der Waals surface area (Å²) < 4.78 is 0. The van der Waals surface area contributed by atoms with Gasteiger partial charge in [-0.05, 0) is 37.0 Å². The van der Waals surface area contributed by atoms with Crippen molar-refractivity contribution in [3.63, 3.8) is 0 Å². The summed E-state index contributed by atoms with van der Waals surface area (Å²) >= 11 is 0. The Kier molecular flexibility index (Phi) is 9.33. The molecular formula is C29H38N2. The predicted octanol–water partition coefficient (Wildman–Crippen LogP) is 7.38. The predicted molar refractivity (Wildman–Crippen MR) is 133 cm³/mol. The van der Waals surface area contributed by atoms with Gasteiger partial charge < -0.3 is 10.6 Å². The van der Waals surface area contributed by atoms with Gasteiger partial charge in [0.2, 0.25) is 0 Å². The summed E-state index contributed by atoms with van der Waals surface area (Å²) in [5.41, 5.74) is 4.01. The highest BCUT2D eigenvalue weighted by molar-refractivity contribution is 5.24. The molecule has 2 nitrogen and oxygen atoms in total. The van der Waals surface area contributed by atoms with Crippen LogP contribution < -0.4 is 10.6 Å². The number of hydrogen-bond donors (Lipinski definition) is 2. The normalized spacial score (nSPS) is 15.2. The summed E-state index contributed by atoms with van der Waals surface area (Å²) in [7, 11) is 0. The summed E-state index contributed by atoms with van der Waals surface area (Å²) in [4.78, 5) is 0. The van der Waals surface area contributed by atoms with E-state index >= 15 is 0 Å². The highest BCUT2D eigenvalue weighted by Gasteiger charge is 2.26. The molecule has 0 heterocycles. The number of unbranched alkanes of at least 4 members (excludes halogenated alkanes) is 2. The van der Waals surface area contributed by atoms with Crippen molar-refractivity contribution in [3.05, 3.63) is 108 Å². The molecule has 0 aliphatic rings. The Morgan fingerprint density at radius 3 is 1.52 bits per heavy atom. The summed E-state index contributed by atoms with van der Waals surface area (Å²) in [5, 5.41) is 7.96. The Labute approximate surface area is 189 Å². The molecule has 0 spiro atoms. The lowest BCUT2D eigenvalue weighted by Crippen LogP contribution is -2.43. The SMILES string of the molecule is CCCCC[C@@H](N[C@@H](C)c1ccccc1)[C@H](N[C@@H](C)c1ccccc1)c1ccccc1. The molecule has 2 N–H and O–H groups in total. The molecule has 0 bridgehead atoms. The lowest BCUT2D eigenvalue weighted by molar-refractivity contribution is 0.306. The summed E-state index contributed by atoms with van der Waals surface area (Å²) in [5.74, 6) is 0. The molecule has 3 aromatic rings. The van der Waals surface area contributed by atoms with E-state index < -0.39 is 0 Å².